The molecule has 1 aliphatic heterocycles. The maximum absolute atomic E-state index is 7.51. The highest BCUT2D eigenvalue weighted by atomic mass is 35.5. The van der Waals surface area contributed by atoms with Gasteiger partial charge in [0.1, 0.15) is 11.1 Å². The van der Waals surface area contributed by atoms with Gasteiger partial charge in [-0.15, -0.1) is 23.7 Å². The van der Waals surface area contributed by atoms with Gasteiger partial charge in [0.15, 0.2) is 0 Å². The van der Waals surface area contributed by atoms with Crippen molar-refractivity contribution in [3.63, 3.8) is 0 Å². The summed E-state index contributed by atoms with van der Waals surface area (Å²) in [4.78, 5) is 4.73. The molecule has 166 valence electrons. The topological polar surface area (TPSA) is 34.1 Å². The van der Waals surface area contributed by atoms with Gasteiger partial charge in [-0.05, 0) is 34.8 Å². The molecular weight excluding hydrogens is 440 g/mol. The Hall–Kier alpha value is -1.50. The first-order valence-corrected chi connectivity index (χ1v) is 13.7. The van der Waals surface area contributed by atoms with Gasteiger partial charge < -0.3 is 9.74 Å². The van der Waals surface area contributed by atoms with Crippen LogP contribution in [0.2, 0.25) is 5.04 Å². The summed E-state index contributed by atoms with van der Waals surface area (Å²) in [6.07, 6.45) is 4.29. The summed E-state index contributed by atoms with van der Waals surface area (Å²) in [7, 11) is -2.61. The maximum Gasteiger partial charge on any atom is 0.262 e. The van der Waals surface area contributed by atoms with E-state index in [1.54, 1.807) is 11.3 Å². The number of hydrogen-bond acceptors (Lipinski definition) is 4. The zero-order valence-corrected chi connectivity index (χ0v) is 21.2. The summed E-state index contributed by atoms with van der Waals surface area (Å²) >= 11 is 1.72. The van der Waals surface area contributed by atoms with Crippen molar-refractivity contribution in [1.82, 2.24) is 10.3 Å². The van der Waals surface area contributed by atoms with Gasteiger partial charge in [0.05, 0.1) is 0 Å². The molecule has 1 saturated heterocycles. The zero-order chi connectivity index (χ0) is 21.0. The molecule has 0 amide bonds. The minimum absolute atomic E-state index is 0. The molecule has 0 bridgehead atoms. The number of rotatable bonds is 6. The van der Waals surface area contributed by atoms with Crippen LogP contribution >= 0.6 is 23.7 Å². The van der Waals surface area contributed by atoms with E-state index in [2.05, 4.69) is 92.1 Å². The molecule has 2 aromatic carbocycles. The number of halogens is 1. The molecule has 1 fully saturated rings. The Bertz CT molecular complexity index is 870. The molecule has 31 heavy (non-hydrogen) atoms. The molecule has 6 heteroatoms. The Morgan fingerprint density at radius 2 is 1.65 bits per heavy atom. The number of piperidine rings is 1. The lowest BCUT2D eigenvalue weighted by atomic mass is 9.94. The molecule has 3 nitrogen and oxygen atoms in total. The fourth-order valence-electron chi connectivity index (χ4n) is 4.74. The molecule has 0 spiro atoms. The van der Waals surface area contributed by atoms with E-state index in [1.165, 1.54) is 23.2 Å². The highest BCUT2D eigenvalue weighted by Gasteiger charge is 2.52. The van der Waals surface area contributed by atoms with Gasteiger partial charge in [-0.3, -0.25) is 0 Å². The lowest BCUT2D eigenvalue weighted by Gasteiger charge is -2.46. The van der Waals surface area contributed by atoms with Gasteiger partial charge in [0, 0.05) is 24.0 Å². The molecule has 2 heterocycles. The van der Waals surface area contributed by atoms with E-state index >= 15 is 0 Å². The normalized spacial score (nSPS) is 18.2. The molecule has 3 aromatic rings. The fraction of sp³-hybridized carbons (Fsp3) is 0.400. The molecule has 0 saturated carbocycles. The Balaban J connectivity index is 0.00000272. The van der Waals surface area contributed by atoms with Crippen LogP contribution in [0.1, 0.15) is 44.7 Å². The second-order valence-electron chi connectivity index (χ2n) is 9.18. The van der Waals surface area contributed by atoms with Gasteiger partial charge in [0.2, 0.25) is 0 Å². The molecule has 4 rings (SSSR count). The van der Waals surface area contributed by atoms with E-state index in [-0.39, 0.29) is 23.5 Å². The molecule has 1 aliphatic rings. The maximum atomic E-state index is 7.51. The van der Waals surface area contributed by atoms with Crippen LogP contribution < -0.4 is 15.7 Å². The van der Waals surface area contributed by atoms with E-state index in [0.717, 1.165) is 18.1 Å². The third-order valence-electron chi connectivity index (χ3n) is 6.18. The Labute approximate surface area is 197 Å². The predicted molar refractivity (Wildman–Crippen MR) is 136 cm³/mol. The summed E-state index contributed by atoms with van der Waals surface area (Å²) < 4.78 is 7.51. The standard InChI is InChI=1S/C25H32N2OSSi.ClH/c1-25(2,3)30(21-12-6-4-7-13-21,22-14-8-5-9-15-22)28-23(24-27-17-18-29-24)20-11-10-16-26-19-20;/h4-9,12-15,17-18,20,23,26H,10-11,16,19H2,1-3H3;1H/t20-,23-;/m0./s1. The van der Waals surface area contributed by atoms with Crippen LogP contribution in [-0.4, -0.2) is 26.4 Å². The minimum atomic E-state index is -2.61. The van der Waals surface area contributed by atoms with Gasteiger partial charge in [-0.1, -0.05) is 81.4 Å². The molecular formula is C25H33ClN2OSSi. The number of nitrogens with one attached hydrogen (secondary N) is 1. The van der Waals surface area contributed by atoms with Crippen molar-refractivity contribution >= 4 is 42.4 Å². The van der Waals surface area contributed by atoms with E-state index in [4.69, 9.17) is 9.41 Å². The van der Waals surface area contributed by atoms with Crippen molar-refractivity contribution in [3.05, 3.63) is 77.2 Å². The highest BCUT2D eigenvalue weighted by molar-refractivity contribution is 7.09. The quantitative estimate of drug-likeness (QED) is 0.502. The van der Waals surface area contributed by atoms with Crippen molar-refractivity contribution in [2.75, 3.05) is 13.1 Å². The molecule has 1 N–H and O–H groups in total. The van der Waals surface area contributed by atoms with E-state index < -0.39 is 8.32 Å². The summed E-state index contributed by atoms with van der Waals surface area (Å²) in [6.45, 7) is 9.12. The van der Waals surface area contributed by atoms with Gasteiger partial charge in [-0.25, -0.2) is 4.98 Å². The van der Waals surface area contributed by atoms with Crippen molar-refractivity contribution in [3.8, 4) is 0 Å². The highest BCUT2D eigenvalue weighted by Crippen LogP contribution is 2.43. The van der Waals surface area contributed by atoms with E-state index in [0.29, 0.717) is 5.92 Å². The Morgan fingerprint density at radius 3 is 2.10 bits per heavy atom. The van der Waals surface area contributed by atoms with Gasteiger partial charge in [0.25, 0.3) is 8.32 Å². The minimum Gasteiger partial charge on any atom is -0.398 e. The van der Waals surface area contributed by atoms with Crippen molar-refractivity contribution < 1.29 is 4.43 Å². The largest absolute Gasteiger partial charge is 0.398 e. The number of hydrogen-bond donors (Lipinski definition) is 1. The first kappa shape index (κ1) is 24.1. The summed E-state index contributed by atoms with van der Waals surface area (Å²) in [6, 6.07) is 21.9. The third kappa shape index (κ3) is 4.96. The lowest BCUT2D eigenvalue weighted by molar-refractivity contribution is 0.105. The zero-order valence-electron chi connectivity index (χ0n) is 18.6. The first-order chi connectivity index (χ1) is 14.5. The smallest absolute Gasteiger partial charge is 0.262 e. The fourth-order valence-corrected chi connectivity index (χ4v) is 10.3. The lowest BCUT2D eigenvalue weighted by Crippen LogP contribution is -2.67. The van der Waals surface area contributed by atoms with E-state index in [1.807, 2.05) is 6.20 Å². The summed E-state index contributed by atoms with van der Waals surface area (Å²) in [5.41, 5.74) is 0. The van der Waals surface area contributed by atoms with Crippen LogP contribution in [0.4, 0.5) is 0 Å². The van der Waals surface area contributed by atoms with Gasteiger partial charge in [-0.2, -0.15) is 0 Å². The summed E-state index contributed by atoms with van der Waals surface area (Å²) in [5.74, 6) is 0.437. The van der Waals surface area contributed by atoms with Crippen molar-refractivity contribution in [2.45, 2.75) is 44.8 Å². The molecule has 0 unspecified atom stereocenters. The van der Waals surface area contributed by atoms with Crippen LogP contribution in [0.3, 0.4) is 0 Å². The van der Waals surface area contributed by atoms with Crippen molar-refractivity contribution in [1.29, 1.82) is 0 Å². The number of aromatic nitrogens is 1. The van der Waals surface area contributed by atoms with Gasteiger partial charge >= 0.3 is 0 Å². The molecule has 2 atom stereocenters. The Morgan fingerprint density at radius 1 is 1.03 bits per heavy atom. The molecule has 0 aliphatic carbocycles. The number of thiazole rings is 1. The first-order valence-electron chi connectivity index (χ1n) is 10.9. The van der Waals surface area contributed by atoms with Crippen molar-refractivity contribution in [2.24, 2.45) is 5.92 Å². The molecule has 0 radical (unpaired) electrons. The predicted octanol–water partition coefficient (Wildman–Crippen LogP) is 5.18. The number of nitrogens with zero attached hydrogens (tertiary/aromatic N) is 1. The number of benzene rings is 2. The van der Waals surface area contributed by atoms with Crippen LogP contribution in [0.15, 0.2) is 72.2 Å². The van der Waals surface area contributed by atoms with Crippen LogP contribution in [-0.2, 0) is 4.43 Å². The van der Waals surface area contributed by atoms with E-state index in [9.17, 15) is 0 Å². The second kappa shape index (κ2) is 10.4. The van der Waals surface area contributed by atoms with Crippen LogP contribution in [0.5, 0.6) is 0 Å². The summed E-state index contributed by atoms with van der Waals surface area (Å²) in [5, 5.41) is 9.40. The average Bonchev–Trinajstić information content (AvgIpc) is 3.30. The average molecular weight is 473 g/mol. The van der Waals surface area contributed by atoms with Crippen LogP contribution in [0.25, 0.3) is 0 Å². The monoisotopic (exact) mass is 472 g/mol. The third-order valence-corrected chi connectivity index (χ3v) is 12.0. The SMILES string of the molecule is CC(C)(C)[Si](O[C@H](c1nccs1)[C@H]1CCCNC1)(c1ccccc1)c1ccccc1.Cl. The second-order valence-corrected chi connectivity index (χ2v) is 14.4. The van der Waals surface area contributed by atoms with Crippen LogP contribution in [0, 0.1) is 5.92 Å². The molecule has 1 aromatic heterocycles. The Kier molecular flexibility index (Phi) is 8.11.